The molecule has 0 aliphatic heterocycles. The molecule has 0 saturated carbocycles. The molecular formula is C12H8BrFN2O. The Morgan fingerprint density at radius 1 is 1.29 bits per heavy atom. The van der Waals surface area contributed by atoms with E-state index in [0.717, 1.165) is 0 Å². The molecule has 1 heterocycles. The van der Waals surface area contributed by atoms with E-state index in [2.05, 4.69) is 25.9 Å². The van der Waals surface area contributed by atoms with E-state index >= 15 is 0 Å². The van der Waals surface area contributed by atoms with Crippen molar-refractivity contribution in [2.24, 2.45) is 0 Å². The van der Waals surface area contributed by atoms with Crippen LogP contribution in [0.2, 0.25) is 0 Å². The van der Waals surface area contributed by atoms with Crippen LogP contribution < -0.4 is 0 Å². The molecule has 0 saturated heterocycles. The fraction of sp³-hybridized carbons (Fsp3) is 0.0833. The van der Waals surface area contributed by atoms with Crippen molar-refractivity contribution >= 4 is 21.7 Å². The van der Waals surface area contributed by atoms with Gasteiger partial charge in [-0.05, 0) is 23.8 Å². The number of carbonyl (C=O) groups excluding carboxylic acids is 1. The number of benzene rings is 1. The number of hydrogen-bond acceptors (Lipinski definition) is 3. The maximum absolute atomic E-state index is 13.0. The Hall–Kier alpha value is -1.62. The van der Waals surface area contributed by atoms with Gasteiger partial charge < -0.3 is 0 Å². The highest BCUT2D eigenvalue weighted by molar-refractivity contribution is 9.10. The van der Waals surface area contributed by atoms with Gasteiger partial charge in [0.1, 0.15) is 12.1 Å². The van der Waals surface area contributed by atoms with Crippen LogP contribution >= 0.6 is 15.9 Å². The van der Waals surface area contributed by atoms with E-state index in [-0.39, 0.29) is 18.0 Å². The minimum absolute atomic E-state index is 0.117. The number of Topliss-reactive ketones (excluding diaryl/α,β-unsaturated/α-hetero) is 1. The third kappa shape index (κ3) is 2.94. The minimum atomic E-state index is -0.361. The van der Waals surface area contributed by atoms with Crippen molar-refractivity contribution in [3.8, 4) is 0 Å². The molecule has 0 aliphatic rings. The van der Waals surface area contributed by atoms with Crippen LogP contribution in [-0.4, -0.2) is 15.8 Å². The van der Waals surface area contributed by atoms with Crippen LogP contribution in [-0.2, 0) is 6.42 Å². The lowest BCUT2D eigenvalue weighted by Crippen LogP contribution is -2.05. The Labute approximate surface area is 106 Å². The lowest BCUT2D eigenvalue weighted by molar-refractivity contribution is 0.0992. The second-order valence-electron chi connectivity index (χ2n) is 3.46. The van der Waals surface area contributed by atoms with E-state index < -0.39 is 0 Å². The molecule has 86 valence electrons. The van der Waals surface area contributed by atoms with Crippen LogP contribution in [0.4, 0.5) is 4.39 Å². The predicted octanol–water partition coefficient (Wildman–Crippen LogP) is 2.80. The van der Waals surface area contributed by atoms with Crippen molar-refractivity contribution in [3.05, 3.63) is 58.3 Å². The van der Waals surface area contributed by atoms with Crippen molar-refractivity contribution in [1.29, 1.82) is 0 Å². The van der Waals surface area contributed by atoms with Gasteiger partial charge in [0.25, 0.3) is 0 Å². The van der Waals surface area contributed by atoms with Crippen LogP contribution in [0.15, 0.2) is 41.4 Å². The average molecular weight is 295 g/mol. The molecule has 0 atom stereocenters. The Balaban J connectivity index is 2.22. The van der Waals surface area contributed by atoms with E-state index in [1.165, 1.54) is 30.9 Å². The Kier molecular flexibility index (Phi) is 3.58. The van der Waals surface area contributed by atoms with Crippen molar-refractivity contribution in [2.45, 2.75) is 6.42 Å². The lowest BCUT2D eigenvalue weighted by atomic mass is 10.1. The SMILES string of the molecule is O=C(Cc1cc(F)ccc1Br)c1cncnc1. The Morgan fingerprint density at radius 2 is 2.00 bits per heavy atom. The summed E-state index contributed by atoms with van der Waals surface area (Å²) in [5.74, 6) is -0.503. The average Bonchev–Trinajstić information content (AvgIpc) is 2.35. The lowest BCUT2D eigenvalue weighted by Gasteiger charge is -2.03. The van der Waals surface area contributed by atoms with Crippen molar-refractivity contribution < 1.29 is 9.18 Å². The van der Waals surface area contributed by atoms with Gasteiger partial charge in [-0.15, -0.1) is 0 Å². The van der Waals surface area contributed by atoms with Gasteiger partial charge in [0.2, 0.25) is 0 Å². The summed E-state index contributed by atoms with van der Waals surface area (Å²) in [6.45, 7) is 0. The van der Waals surface area contributed by atoms with Gasteiger partial charge in [0, 0.05) is 23.3 Å². The van der Waals surface area contributed by atoms with E-state index in [1.807, 2.05) is 0 Å². The maximum atomic E-state index is 13.0. The first kappa shape index (κ1) is 11.9. The molecule has 5 heteroatoms. The van der Waals surface area contributed by atoms with Crippen molar-refractivity contribution in [3.63, 3.8) is 0 Å². The highest BCUT2D eigenvalue weighted by Crippen LogP contribution is 2.19. The molecule has 2 rings (SSSR count). The van der Waals surface area contributed by atoms with Gasteiger partial charge in [-0.3, -0.25) is 4.79 Å². The van der Waals surface area contributed by atoms with E-state index in [0.29, 0.717) is 15.6 Å². The number of nitrogens with zero attached hydrogens (tertiary/aromatic N) is 2. The molecule has 0 bridgehead atoms. The zero-order valence-electron chi connectivity index (χ0n) is 8.73. The van der Waals surface area contributed by atoms with Gasteiger partial charge in [-0.25, -0.2) is 14.4 Å². The number of carbonyl (C=O) groups is 1. The summed E-state index contributed by atoms with van der Waals surface area (Å²) in [4.78, 5) is 19.4. The zero-order chi connectivity index (χ0) is 12.3. The summed E-state index contributed by atoms with van der Waals surface area (Å²) in [6.07, 6.45) is 4.37. The van der Waals surface area contributed by atoms with Crippen LogP contribution in [0.3, 0.4) is 0 Å². The molecular weight excluding hydrogens is 287 g/mol. The first-order chi connectivity index (χ1) is 8.16. The van der Waals surface area contributed by atoms with Crippen LogP contribution in [0.1, 0.15) is 15.9 Å². The van der Waals surface area contributed by atoms with Crippen molar-refractivity contribution in [1.82, 2.24) is 9.97 Å². The topological polar surface area (TPSA) is 42.9 Å². The molecule has 0 amide bonds. The first-order valence-corrected chi connectivity index (χ1v) is 5.68. The van der Waals surface area contributed by atoms with Crippen molar-refractivity contribution in [2.75, 3.05) is 0 Å². The maximum Gasteiger partial charge on any atom is 0.170 e. The largest absolute Gasteiger partial charge is 0.294 e. The standard InChI is InChI=1S/C12H8BrFN2O/c13-11-2-1-10(14)3-8(11)4-12(17)9-5-15-7-16-6-9/h1-3,5-7H,4H2. The summed E-state index contributed by atoms with van der Waals surface area (Å²) in [7, 11) is 0. The molecule has 0 spiro atoms. The number of ketones is 1. The first-order valence-electron chi connectivity index (χ1n) is 4.89. The smallest absolute Gasteiger partial charge is 0.170 e. The number of hydrogen-bond donors (Lipinski definition) is 0. The normalized spacial score (nSPS) is 10.2. The van der Waals surface area contributed by atoms with E-state index in [9.17, 15) is 9.18 Å². The molecule has 0 aliphatic carbocycles. The monoisotopic (exact) mass is 294 g/mol. The van der Waals surface area contributed by atoms with Gasteiger partial charge in [0.05, 0.1) is 5.56 Å². The van der Waals surface area contributed by atoms with Crippen LogP contribution in [0.25, 0.3) is 0 Å². The zero-order valence-corrected chi connectivity index (χ0v) is 10.3. The van der Waals surface area contributed by atoms with Gasteiger partial charge >= 0.3 is 0 Å². The highest BCUT2D eigenvalue weighted by atomic mass is 79.9. The quantitative estimate of drug-likeness (QED) is 0.818. The molecule has 0 N–H and O–H groups in total. The third-order valence-corrected chi connectivity index (χ3v) is 3.01. The summed E-state index contributed by atoms with van der Waals surface area (Å²) in [5.41, 5.74) is 1.03. The van der Waals surface area contributed by atoms with E-state index in [4.69, 9.17) is 0 Å². The van der Waals surface area contributed by atoms with Crippen LogP contribution in [0.5, 0.6) is 0 Å². The molecule has 0 unspecified atom stereocenters. The Morgan fingerprint density at radius 3 is 2.71 bits per heavy atom. The molecule has 1 aromatic carbocycles. The molecule has 2 aromatic rings. The van der Waals surface area contributed by atoms with Gasteiger partial charge in [-0.1, -0.05) is 15.9 Å². The summed E-state index contributed by atoms with van der Waals surface area (Å²) in [5, 5.41) is 0. The molecule has 3 nitrogen and oxygen atoms in total. The molecule has 17 heavy (non-hydrogen) atoms. The predicted molar refractivity (Wildman–Crippen MR) is 64.2 cm³/mol. The molecule has 0 fully saturated rings. The number of aromatic nitrogens is 2. The summed E-state index contributed by atoms with van der Waals surface area (Å²) in [6, 6.07) is 4.26. The number of rotatable bonds is 3. The molecule has 1 aromatic heterocycles. The summed E-state index contributed by atoms with van der Waals surface area (Å²) >= 11 is 3.28. The third-order valence-electron chi connectivity index (χ3n) is 2.24. The Bertz CT molecular complexity index is 545. The molecule has 0 radical (unpaired) electrons. The highest BCUT2D eigenvalue weighted by Gasteiger charge is 2.10. The second-order valence-corrected chi connectivity index (χ2v) is 4.32. The second kappa shape index (κ2) is 5.14. The van der Waals surface area contributed by atoms with E-state index in [1.54, 1.807) is 6.07 Å². The minimum Gasteiger partial charge on any atom is -0.294 e. The fourth-order valence-electron chi connectivity index (χ4n) is 1.40. The summed E-state index contributed by atoms with van der Waals surface area (Å²) < 4.78 is 13.8. The fourth-order valence-corrected chi connectivity index (χ4v) is 1.78. The van der Waals surface area contributed by atoms with Crippen LogP contribution in [0, 0.1) is 5.82 Å². The van der Waals surface area contributed by atoms with Gasteiger partial charge in [0.15, 0.2) is 5.78 Å². The van der Waals surface area contributed by atoms with Gasteiger partial charge in [-0.2, -0.15) is 0 Å². The number of halogens is 2.